The van der Waals surface area contributed by atoms with Crippen molar-refractivity contribution in [2.75, 3.05) is 82.8 Å². The number of likely N-dealkylation sites (N-methyl/N-ethyl adjacent to an activating group) is 1. The maximum Gasteiger partial charge on any atom is 0.323 e. The van der Waals surface area contributed by atoms with Gasteiger partial charge in [-0.1, -0.05) is 0 Å². The molecule has 2 aliphatic rings. The first-order valence-corrected chi connectivity index (χ1v) is 10.0. The Morgan fingerprint density at radius 1 is 1.14 bits per heavy atom. The van der Waals surface area contributed by atoms with E-state index in [1.807, 2.05) is 11.0 Å². The summed E-state index contributed by atoms with van der Waals surface area (Å²) in [7, 11) is 2.05. The van der Waals surface area contributed by atoms with E-state index in [9.17, 15) is 10.1 Å². The molecule has 0 atom stereocenters. The zero-order valence-corrected chi connectivity index (χ0v) is 16.7. The molecule has 0 amide bonds. The van der Waals surface area contributed by atoms with Gasteiger partial charge >= 0.3 is 5.69 Å². The highest BCUT2D eigenvalue weighted by Gasteiger charge is 2.30. The number of nitrogens with one attached hydrogen (secondary N) is 1. The highest BCUT2D eigenvalue weighted by atomic mass is 16.6. The molecular formula is C18H27N7O4. The van der Waals surface area contributed by atoms with Crippen molar-refractivity contribution in [1.82, 2.24) is 20.1 Å². The summed E-state index contributed by atoms with van der Waals surface area (Å²) in [4.78, 5) is 18.1. The van der Waals surface area contributed by atoms with E-state index in [0.29, 0.717) is 11.2 Å². The van der Waals surface area contributed by atoms with E-state index in [1.165, 1.54) is 0 Å². The van der Waals surface area contributed by atoms with Gasteiger partial charge in [-0.05, 0) is 36.4 Å². The molecule has 2 aliphatic heterocycles. The van der Waals surface area contributed by atoms with Crippen molar-refractivity contribution < 1.29 is 14.3 Å². The number of aromatic nitrogens is 2. The van der Waals surface area contributed by atoms with Gasteiger partial charge in [-0.15, -0.1) is 0 Å². The number of anilines is 2. The molecule has 1 N–H and O–H groups in total. The summed E-state index contributed by atoms with van der Waals surface area (Å²) >= 11 is 0. The monoisotopic (exact) mass is 405 g/mol. The van der Waals surface area contributed by atoms with E-state index in [2.05, 4.69) is 32.5 Å². The molecule has 29 heavy (non-hydrogen) atoms. The SMILES string of the molecule is CN1CCN(c2cc(NCCCN3CCOCC3)c3nonc3c2[N+](=O)[O-])CC1. The van der Waals surface area contributed by atoms with E-state index in [0.717, 1.165) is 77.7 Å². The Morgan fingerprint density at radius 2 is 1.86 bits per heavy atom. The Labute approximate surface area is 168 Å². The third kappa shape index (κ3) is 4.41. The van der Waals surface area contributed by atoms with Crippen LogP contribution in [0.25, 0.3) is 11.0 Å². The smallest absolute Gasteiger partial charge is 0.323 e. The van der Waals surface area contributed by atoms with E-state index >= 15 is 0 Å². The summed E-state index contributed by atoms with van der Waals surface area (Å²) in [6, 6.07) is 1.82. The fourth-order valence-electron chi connectivity index (χ4n) is 3.87. The number of hydrogen-bond donors (Lipinski definition) is 1. The lowest BCUT2D eigenvalue weighted by atomic mass is 10.1. The van der Waals surface area contributed by atoms with Crippen LogP contribution in [0.1, 0.15) is 6.42 Å². The molecular weight excluding hydrogens is 378 g/mol. The first kappa shape index (κ1) is 19.8. The number of benzene rings is 1. The van der Waals surface area contributed by atoms with Crippen LogP contribution in [0, 0.1) is 10.1 Å². The van der Waals surface area contributed by atoms with Crippen LogP contribution < -0.4 is 10.2 Å². The fraction of sp³-hybridized carbons (Fsp3) is 0.667. The quantitative estimate of drug-likeness (QED) is 0.407. The molecule has 158 valence electrons. The lowest BCUT2D eigenvalue weighted by Gasteiger charge is -2.33. The van der Waals surface area contributed by atoms with E-state index < -0.39 is 0 Å². The number of hydrogen-bond acceptors (Lipinski definition) is 10. The maximum atomic E-state index is 11.8. The van der Waals surface area contributed by atoms with Gasteiger partial charge in [0.15, 0.2) is 5.52 Å². The zero-order valence-electron chi connectivity index (χ0n) is 16.7. The summed E-state index contributed by atoms with van der Waals surface area (Å²) in [5, 5.41) is 23.0. The summed E-state index contributed by atoms with van der Waals surface area (Å²) in [6.45, 7) is 8.38. The summed E-state index contributed by atoms with van der Waals surface area (Å²) in [5.41, 5.74) is 1.86. The number of ether oxygens (including phenoxy) is 1. The minimum atomic E-state index is -0.387. The van der Waals surface area contributed by atoms with Crippen molar-refractivity contribution in [2.24, 2.45) is 0 Å². The summed E-state index contributed by atoms with van der Waals surface area (Å²) < 4.78 is 10.2. The number of fused-ring (bicyclic) bond motifs is 1. The maximum absolute atomic E-state index is 11.8. The fourth-order valence-corrected chi connectivity index (χ4v) is 3.87. The van der Waals surface area contributed by atoms with Gasteiger partial charge in [0.2, 0.25) is 5.52 Å². The van der Waals surface area contributed by atoms with Crippen LogP contribution in [0.4, 0.5) is 17.1 Å². The van der Waals surface area contributed by atoms with E-state index in [4.69, 9.17) is 9.37 Å². The molecule has 1 aromatic carbocycles. The molecule has 2 fully saturated rings. The second kappa shape index (κ2) is 8.89. The zero-order chi connectivity index (χ0) is 20.2. The lowest BCUT2D eigenvalue weighted by molar-refractivity contribution is -0.382. The molecule has 11 nitrogen and oxygen atoms in total. The number of morpholine rings is 1. The molecule has 3 heterocycles. The lowest BCUT2D eigenvalue weighted by Crippen LogP contribution is -2.44. The molecule has 0 unspecified atom stereocenters. The van der Waals surface area contributed by atoms with Crippen LogP contribution in [0.3, 0.4) is 0 Å². The second-order valence-electron chi connectivity index (χ2n) is 7.54. The summed E-state index contributed by atoms with van der Waals surface area (Å²) in [6.07, 6.45) is 0.952. The third-order valence-corrected chi connectivity index (χ3v) is 5.59. The van der Waals surface area contributed by atoms with Crippen LogP contribution >= 0.6 is 0 Å². The summed E-state index contributed by atoms with van der Waals surface area (Å²) in [5.74, 6) is 0. The second-order valence-corrected chi connectivity index (χ2v) is 7.54. The molecule has 4 rings (SSSR count). The molecule has 1 aromatic heterocycles. The van der Waals surface area contributed by atoms with E-state index in [1.54, 1.807) is 0 Å². The number of rotatable bonds is 7. The van der Waals surface area contributed by atoms with Crippen molar-refractivity contribution in [1.29, 1.82) is 0 Å². The topological polar surface area (TPSA) is 113 Å². The molecule has 0 radical (unpaired) electrons. The molecule has 0 bridgehead atoms. The Hall–Kier alpha value is -2.50. The van der Waals surface area contributed by atoms with Gasteiger partial charge in [0.05, 0.1) is 23.8 Å². The van der Waals surface area contributed by atoms with Crippen molar-refractivity contribution in [3.05, 3.63) is 16.2 Å². The van der Waals surface area contributed by atoms with Crippen LogP contribution in [0.5, 0.6) is 0 Å². The Bertz CT molecular complexity index is 844. The molecule has 2 aromatic rings. The van der Waals surface area contributed by atoms with Gasteiger partial charge in [-0.25, -0.2) is 4.63 Å². The van der Waals surface area contributed by atoms with Crippen LogP contribution in [-0.4, -0.2) is 97.7 Å². The van der Waals surface area contributed by atoms with Gasteiger partial charge in [0.25, 0.3) is 0 Å². The molecule has 0 aliphatic carbocycles. The van der Waals surface area contributed by atoms with Crippen LogP contribution in [0.2, 0.25) is 0 Å². The number of piperazine rings is 1. The largest absolute Gasteiger partial charge is 0.383 e. The third-order valence-electron chi connectivity index (χ3n) is 5.59. The highest BCUT2D eigenvalue weighted by Crippen LogP contribution is 2.39. The van der Waals surface area contributed by atoms with Crippen LogP contribution in [0.15, 0.2) is 10.7 Å². The average Bonchev–Trinajstić information content (AvgIpc) is 3.21. The first-order valence-electron chi connectivity index (χ1n) is 10.0. The standard InChI is InChI=1S/C18H27N7O4/c1-22-5-7-24(8-6-22)15-13-14(16-17(21-29-20-16)18(15)25(26)27)19-3-2-4-23-9-11-28-12-10-23/h13,19H,2-12H2,1H3. The number of nitro groups is 1. The van der Waals surface area contributed by atoms with Gasteiger partial charge in [-0.3, -0.25) is 15.0 Å². The predicted molar refractivity (Wildman–Crippen MR) is 109 cm³/mol. The molecule has 2 saturated heterocycles. The predicted octanol–water partition coefficient (Wildman–Crippen LogP) is 1.02. The van der Waals surface area contributed by atoms with Crippen molar-refractivity contribution in [2.45, 2.75) is 6.42 Å². The molecule has 0 saturated carbocycles. The minimum Gasteiger partial charge on any atom is -0.383 e. The first-order chi connectivity index (χ1) is 14.1. The normalized spacial score (nSPS) is 19.0. The molecule has 11 heteroatoms. The van der Waals surface area contributed by atoms with Gasteiger partial charge in [-0.2, -0.15) is 0 Å². The van der Waals surface area contributed by atoms with E-state index in [-0.39, 0.29) is 16.1 Å². The Balaban J connectivity index is 1.52. The Morgan fingerprint density at radius 3 is 2.59 bits per heavy atom. The number of nitrogens with zero attached hydrogens (tertiary/aromatic N) is 6. The Kier molecular flexibility index (Phi) is 6.07. The van der Waals surface area contributed by atoms with Crippen LogP contribution in [-0.2, 0) is 4.74 Å². The number of nitro benzene ring substituents is 1. The average molecular weight is 405 g/mol. The van der Waals surface area contributed by atoms with Crippen molar-refractivity contribution >= 4 is 28.1 Å². The van der Waals surface area contributed by atoms with Gasteiger partial charge in [0.1, 0.15) is 5.69 Å². The van der Waals surface area contributed by atoms with Gasteiger partial charge < -0.3 is 19.9 Å². The molecule has 0 spiro atoms. The van der Waals surface area contributed by atoms with Crippen molar-refractivity contribution in [3.8, 4) is 0 Å². The van der Waals surface area contributed by atoms with Gasteiger partial charge in [0, 0.05) is 45.8 Å². The minimum absolute atomic E-state index is 0.0373. The van der Waals surface area contributed by atoms with Crippen molar-refractivity contribution in [3.63, 3.8) is 0 Å². The highest BCUT2D eigenvalue weighted by molar-refractivity contribution is 5.99.